The minimum atomic E-state index is -1.30. The Bertz CT molecular complexity index is 4140. The quantitative estimate of drug-likeness (QED) is 0.0602. The van der Waals surface area contributed by atoms with Gasteiger partial charge >= 0.3 is 17.9 Å². The molecule has 0 saturated heterocycles. The van der Waals surface area contributed by atoms with Gasteiger partial charge < -0.3 is 30.3 Å². The summed E-state index contributed by atoms with van der Waals surface area (Å²) in [5, 5.41) is 48.3. The van der Waals surface area contributed by atoms with Gasteiger partial charge in [0.05, 0.1) is 40.0 Å². The Morgan fingerprint density at radius 3 is 1.36 bits per heavy atom. The van der Waals surface area contributed by atoms with Gasteiger partial charge in [-0.15, -0.1) is 0 Å². The number of hydrogen-bond donors (Lipinski definition) is 5. The topological polar surface area (TPSA) is 228 Å². The summed E-state index contributed by atoms with van der Waals surface area (Å²) >= 11 is 17.5. The third-order valence-electron chi connectivity index (χ3n) is 13.5. The van der Waals surface area contributed by atoms with Gasteiger partial charge in [0.1, 0.15) is 0 Å². The number of aromatic hydroxyl groups is 3. The minimum Gasteiger partial charge on any atom is -0.503 e. The first-order chi connectivity index (χ1) is 39.1. The van der Waals surface area contributed by atoms with Crippen molar-refractivity contribution in [2.45, 2.75) is 73.1 Å². The van der Waals surface area contributed by atoms with Crippen LogP contribution in [0.15, 0.2) is 84.9 Å². The fraction of sp³-hybridized carbons (Fsp3) is 0.186. The number of carboxylic acids is 2. The van der Waals surface area contributed by atoms with Crippen LogP contribution in [0.1, 0.15) is 104 Å². The maximum atomic E-state index is 14.9. The van der Waals surface area contributed by atoms with Gasteiger partial charge in [-0.1, -0.05) is 55.1 Å². The number of aromatic nitrogens is 3. The Hall–Kier alpha value is -8.79. The van der Waals surface area contributed by atoms with E-state index in [4.69, 9.17) is 44.6 Å². The number of rotatable bonds is 11. The Labute approximate surface area is 481 Å². The van der Waals surface area contributed by atoms with Gasteiger partial charge in [-0.05, 0) is 118 Å². The molecule has 0 aliphatic rings. The highest BCUT2D eigenvalue weighted by atomic mass is 35.5. The highest BCUT2D eigenvalue weighted by molar-refractivity contribution is 6.31. The summed E-state index contributed by atoms with van der Waals surface area (Å²) in [6, 6.07) is 19.4. The number of aliphatic carboxylic acids is 2. The molecule has 0 aliphatic heterocycles. The molecule has 0 radical (unpaired) electrons. The fourth-order valence-corrected chi connectivity index (χ4v) is 10.1. The maximum Gasteiger partial charge on any atom is 0.311 e. The van der Waals surface area contributed by atoms with Gasteiger partial charge in [-0.2, -0.15) is 0 Å². The molecular formula is C59H46Cl3F6N3O12. The van der Waals surface area contributed by atoms with E-state index >= 15 is 0 Å². The molecule has 24 heteroatoms. The zero-order valence-corrected chi connectivity index (χ0v) is 46.6. The van der Waals surface area contributed by atoms with Crippen molar-refractivity contribution in [3.05, 3.63) is 185 Å². The van der Waals surface area contributed by atoms with Crippen LogP contribution in [0.3, 0.4) is 0 Å². The van der Waals surface area contributed by atoms with Crippen molar-refractivity contribution in [3.63, 3.8) is 0 Å². The Morgan fingerprint density at radius 1 is 0.542 bits per heavy atom. The van der Waals surface area contributed by atoms with E-state index in [9.17, 15) is 75.5 Å². The number of carboxylic acid groups (broad SMARTS) is 2. The van der Waals surface area contributed by atoms with E-state index in [0.717, 1.165) is 32.8 Å². The van der Waals surface area contributed by atoms with Gasteiger partial charge in [0, 0.05) is 78.5 Å². The molecule has 0 amide bonds. The summed E-state index contributed by atoms with van der Waals surface area (Å²) in [5.74, 6) is -17.5. The van der Waals surface area contributed by atoms with Crippen LogP contribution in [0.4, 0.5) is 26.3 Å². The van der Waals surface area contributed by atoms with E-state index in [-0.39, 0.29) is 102 Å². The van der Waals surface area contributed by atoms with Gasteiger partial charge in [0.25, 0.3) is 17.7 Å². The molecule has 15 nitrogen and oxygen atoms in total. The molecule has 9 rings (SSSR count). The molecule has 0 aliphatic carbocycles. The second-order valence-corrected chi connectivity index (χ2v) is 19.9. The molecule has 9 aromatic rings. The molecule has 0 fully saturated rings. The number of fused-ring (bicyclic) bond motifs is 3. The summed E-state index contributed by atoms with van der Waals surface area (Å²) < 4.78 is 94.9. The van der Waals surface area contributed by atoms with Crippen LogP contribution < -0.4 is 4.74 Å². The molecular weight excluding hydrogens is 1160 g/mol. The Morgan fingerprint density at radius 2 is 0.952 bits per heavy atom. The number of phenols is 3. The smallest absolute Gasteiger partial charge is 0.311 e. The predicted octanol–water partition coefficient (Wildman–Crippen LogP) is 13.9. The number of halogens is 9. The zero-order chi connectivity index (χ0) is 61.4. The highest BCUT2D eigenvalue weighted by Gasteiger charge is 2.34. The first-order valence-electron chi connectivity index (χ1n) is 24.8. The molecule has 0 saturated carbocycles. The zero-order valence-electron chi connectivity index (χ0n) is 44.3. The van der Waals surface area contributed by atoms with E-state index in [0.29, 0.717) is 21.5 Å². The first-order valence-corrected chi connectivity index (χ1v) is 25.9. The average Bonchev–Trinajstić information content (AvgIpc) is 3.23. The van der Waals surface area contributed by atoms with Crippen LogP contribution in [0, 0.1) is 55.7 Å². The molecule has 432 valence electrons. The number of nitrogens with zero attached hydrogens (tertiary/aromatic N) is 3. The monoisotopic (exact) mass is 1210 g/mol. The molecule has 3 aromatic heterocycles. The van der Waals surface area contributed by atoms with E-state index < -0.39 is 100 Å². The third-order valence-corrected chi connectivity index (χ3v) is 14.2. The number of phenolic OH excluding ortho intramolecular Hbond substituents is 3. The van der Waals surface area contributed by atoms with E-state index in [2.05, 4.69) is 0 Å². The van der Waals surface area contributed by atoms with Crippen molar-refractivity contribution in [3.8, 4) is 23.0 Å². The number of carbonyl (C=O) groups excluding carboxylic acids is 4. The first kappa shape index (κ1) is 61.8. The van der Waals surface area contributed by atoms with Crippen molar-refractivity contribution in [1.29, 1.82) is 0 Å². The number of benzene rings is 6. The second-order valence-electron chi connectivity index (χ2n) is 18.6. The summed E-state index contributed by atoms with van der Waals surface area (Å²) in [5.41, 5.74) is 0.602. The van der Waals surface area contributed by atoms with Gasteiger partial charge in [0.15, 0.2) is 57.9 Å². The minimum absolute atomic E-state index is 0.0115. The van der Waals surface area contributed by atoms with Crippen molar-refractivity contribution in [2.75, 3.05) is 0 Å². The lowest BCUT2D eigenvalue weighted by atomic mass is 9.92. The molecule has 3 heterocycles. The summed E-state index contributed by atoms with van der Waals surface area (Å²) in [4.78, 5) is 73.7. The van der Waals surface area contributed by atoms with Gasteiger partial charge in [-0.3, -0.25) is 42.5 Å². The Kier molecular flexibility index (Phi) is 18.4. The van der Waals surface area contributed by atoms with E-state index in [1.807, 2.05) is 0 Å². The van der Waals surface area contributed by atoms with E-state index in [1.165, 1.54) is 93.6 Å². The Balaban J connectivity index is 0.000000179. The van der Waals surface area contributed by atoms with Crippen LogP contribution >= 0.6 is 34.8 Å². The predicted molar refractivity (Wildman–Crippen MR) is 296 cm³/mol. The molecule has 6 aromatic carbocycles. The number of esters is 1. The SMILES string of the molecule is CCCC(C(=O)O)c1c(C)n(C(=O)c2ccc(Cl)cc2)c2cc(F)c(O)c(F)c12.CCc1c(F)c(O)c(F)c2c(OC(C)=O)c(C)n(C(=O)c3ccc(Cl)cc3)c12.Cc1c(CC(=O)O)c2c(F)c(O)c(F)cc2n1C(=O)c1ccc(Cl)cc1. The van der Waals surface area contributed by atoms with Crippen LogP contribution in [-0.4, -0.2) is 74.9 Å². The van der Waals surface area contributed by atoms with Crippen LogP contribution in [0.2, 0.25) is 15.1 Å². The molecule has 5 N–H and O–H groups in total. The number of hydrogen-bond acceptors (Lipinski definition) is 10. The van der Waals surface area contributed by atoms with E-state index in [1.54, 1.807) is 13.8 Å². The van der Waals surface area contributed by atoms with Crippen LogP contribution in [0.25, 0.3) is 32.7 Å². The lowest BCUT2D eigenvalue weighted by molar-refractivity contribution is -0.139. The highest BCUT2D eigenvalue weighted by Crippen LogP contribution is 2.44. The number of ether oxygens (including phenoxy) is 1. The number of aryl methyl sites for hydroxylation is 1. The van der Waals surface area contributed by atoms with Crippen molar-refractivity contribution >= 4 is 103 Å². The summed E-state index contributed by atoms with van der Waals surface area (Å²) in [7, 11) is 0. The third kappa shape index (κ3) is 11.7. The summed E-state index contributed by atoms with van der Waals surface area (Å²) in [6.07, 6.45) is 0.142. The molecule has 0 spiro atoms. The van der Waals surface area contributed by atoms with Crippen molar-refractivity contribution < 1.29 is 85.4 Å². The number of carbonyl (C=O) groups is 6. The fourth-order valence-electron chi connectivity index (χ4n) is 9.69. The molecule has 83 heavy (non-hydrogen) atoms. The maximum absolute atomic E-state index is 14.9. The summed E-state index contributed by atoms with van der Waals surface area (Å²) in [6.45, 7) is 8.84. The lowest BCUT2D eigenvalue weighted by Crippen LogP contribution is -2.16. The standard InChI is InChI=1S/C21H18ClF2NO4.C20H16ClF2NO4.C18H12ClF2NO4/c1-3-4-13(21(28)29)16-10(2)25(20(27)11-5-7-12(22)8-6-11)15-9-14(23)19(26)18(24)17(15)16;1-4-13-15(22)18(26)16(23)14-17(13)24(9(2)19(14)28-10(3)25)20(27)11-5-7-12(21)8-6-11;1-8-11(6-14(23)24)15-13(7-12(20)17(25)16(15)21)22(8)18(26)9-2-4-10(19)5-3-9/h5-9,13,26H,3-4H2,1-2H3,(H,28,29);5-8,26H,4H2,1-3H3;2-5,7,25H,6H2,1H3,(H,23,24). The average molecular weight is 1210 g/mol. The van der Waals surface area contributed by atoms with Crippen LogP contribution in [-0.2, 0) is 27.2 Å². The lowest BCUT2D eigenvalue weighted by Gasteiger charge is -2.13. The van der Waals surface area contributed by atoms with Crippen molar-refractivity contribution in [1.82, 2.24) is 13.7 Å². The molecule has 1 atom stereocenters. The molecule has 0 bridgehead atoms. The largest absolute Gasteiger partial charge is 0.503 e. The molecule has 1 unspecified atom stereocenters. The van der Waals surface area contributed by atoms with Gasteiger partial charge in [0.2, 0.25) is 0 Å². The normalized spacial score (nSPS) is 11.5. The van der Waals surface area contributed by atoms with Gasteiger partial charge in [-0.25, -0.2) is 26.3 Å². The van der Waals surface area contributed by atoms with Crippen LogP contribution in [0.5, 0.6) is 23.0 Å². The second kappa shape index (κ2) is 24.7. The van der Waals surface area contributed by atoms with Crippen molar-refractivity contribution in [2.24, 2.45) is 0 Å².